The summed E-state index contributed by atoms with van der Waals surface area (Å²) >= 11 is 1.27. The quantitative estimate of drug-likeness (QED) is 0.770. The molecule has 0 saturated heterocycles. The van der Waals surface area contributed by atoms with Crippen LogP contribution in [0.5, 0.6) is 11.5 Å². The average molecular weight is 317 g/mol. The van der Waals surface area contributed by atoms with Crippen LogP contribution in [0, 0.1) is 6.92 Å². The number of hydrogen-bond acceptors (Lipinski definition) is 7. The van der Waals surface area contributed by atoms with Crippen molar-refractivity contribution in [3.05, 3.63) is 28.2 Å². The zero-order valence-electron chi connectivity index (χ0n) is 11.6. The minimum Gasteiger partial charge on any atom is -0.485 e. The zero-order chi connectivity index (χ0) is 15.1. The lowest BCUT2D eigenvalue weighted by Gasteiger charge is -2.15. The maximum Gasteiger partial charge on any atom is 0.272 e. The van der Waals surface area contributed by atoms with E-state index in [2.05, 4.69) is 20.5 Å². The fraction of sp³-hybridized carbons (Fsp3) is 0.231. The Kier molecular flexibility index (Phi) is 2.93. The molecule has 0 radical (unpaired) electrons. The van der Waals surface area contributed by atoms with Crippen molar-refractivity contribution in [2.75, 3.05) is 18.5 Å². The Balaban J connectivity index is 1.65. The summed E-state index contributed by atoms with van der Waals surface area (Å²) in [6.07, 6.45) is 1.76. The predicted octanol–water partition coefficient (Wildman–Crippen LogP) is 1.52. The van der Waals surface area contributed by atoms with Crippen LogP contribution in [-0.2, 0) is 0 Å². The smallest absolute Gasteiger partial charge is 0.272 e. The summed E-state index contributed by atoms with van der Waals surface area (Å²) in [4.78, 5) is 17.1. The van der Waals surface area contributed by atoms with Crippen LogP contribution in [0.15, 0.2) is 17.6 Å². The number of ether oxygens (including phenoxy) is 2. The minimum absolute atomic E-state index is 0.311. The highest BCUT2D eigenvalue weighted by Crippen LogP contribution is 2.39. The lowest BCUT2D eigenvalue weighted by atomic mass is 10.3. The topological polar surface area (TPSA) is 90.6 Å². The number of carbonyl (C=O) groups excluding carboxylic acids is 1. The molecule has 0 unspecified atom stereocenters. The molecule has 0 atom stereocenters. The molecule has 1 aliphatic rings. The maximum absolute atomic E-state index is 12.4. The van der Waals surface area contributed by atoms with E-state index in [4.69, 9.17) is 9.47 Å². The number of amides is 1. The molecule has 1 aliphatic heterocycles. The van der Waals surface area contributed by atoms with Crippen LogP contribution >= 0.6 is 11.3 Å². The maximum atomic E-state index is 12.4. The van der Waals surface area contributed by atoms with Crippen molar-refractivity contribution in [1.82, 2.24) is 19.6 Å². The first-order valence-electron chi connectivity index (χ1n) is 6.59. The van der Waals surface area contributed by atoms with E-state index in [1.807, 2.05) is 13.0 Å². The van der Waals surface area contributed by atoms with Crippen LogP contribution in [-0.4, -0.2) is 38.7 Å². The summed E-state index contributed by atoms with van der Waals surface area (Å²) in [5, 5.41) is 12.4. The van der Waals surface area contributed by atoms with Gasteiger partial charge in [0.25, 0.3) is 11.7 Å². The van der Waals surface area contributed by atoms with Gasteiger partial charge in [-0.2, -0.15) is 0 Å². The van der Waals surface area contributed by atoms with Crippen molar-refractivity contribution >= 4 is 29.0 Å². The monoisotopic (exact) mass is 317 g/mol. The first-order valence-corrected chi connectivity index (χ1v) is 7.47. The van der Waals surface area contributed by atoms with Gasteiger partial charge in [-0.15, -0.1) is 21.5 Å². The summed E-state index contributed by atoms with van der Waals surface area (Å²) in [7, 11) is 0. The van der Waals surface area contributed by atoms with Crippen LogP contribution in [0.4, 0.5) is 5.95 Å². The number of hydrogen-bond donors (Lipinski definition) is 1. The lowest BCUT2D eigenvalue weighted by molar-refractivity contribution is 0.102. The molecule has 1 N–H and O–H groups in total. The molecule has 3 aromatic heterocycles. The SMILES string of the molecule is Cc1ccn2c(NC(=O)c3scc4c3OCCO4)nnc2n1. The molecule has 0 bridgehead atoms. The van der Waals surface area contributed by atoms with Crippen LogP contribution in [0.2, 0.25) is 0 Å². The van der Waals surface area contributed by atoms with E-state index in [9.17, 15) is 4.79 Å². The summed E-state index contributed by atoms with van der Waals surface area (Å²) in [5.74, 6) is 1.52. The number of nitrogens with one attached hydrogen (secondary N) is 1. The summed E-state index contributed by atoms with van der Waals surface area (Å²) in [6.45, 7) is 2.79. The molecule has 9 heteroatoms. The number of rotatable bonds is 2. The molecule has 0 aromatic carbocycles. The van der Waals surface area contributed by atoms with Gasteiger partial charge in [-0.1, -0.05) is 0 Å². The van der Waals surface area contributed by atoms with E-state index < -0.39 is 0 Å². The van der Waals surface area contributed by atoms with Crippen molar-refractivity contribution in [3.8, 4) is 11.5 Å². The van der Waals surface area contributed by atoms with E-state index in [1.165, 1.54) is 11.3 Å². The Labute approximate surface area is 128 Å². The van der Waals surface area contributed by atoms with Gasteiger partial charge in [0, 0.05) is 17.3 Å². The highest BCUT2D eigenvalue weighted by Gasteiger charge is 2.24. The first-order chi connectivity index (χ1) is 10.7. The minimum atomic E-state index is -0.313. The molecular weight excluding hydrogens is 306 g/mol. The molecule has 0 fully saturated rings. The number of anilines is 1. The fourth-order valence-electron chi connectivity index (χ4n) is 2.14. The average Bonchev–Trinajstić information content (AvgIpc) is 3.11. The predicted molar refractivity (Wildman–Crippen MR) is 78.8 cm³/mol. The molecule has 0 spiro atoms. The number of aromatic nitrogens is 4. The second-order valence-corrected chi connectivity index (χ2v) is 5.55. The lowest BCUT2D eigenvalue weighted by Crippen LogP contribution is -2.18. The zero-order valence-corrected chi connectivity index (χ0v) is 12.4. The molecule has 4 heterocycles. The van der Waals surface area contributed by atoms with Gasteiger partial charge >= 0.3 is 0 Å². The molecule has 0 aliphatic carbocycles. The van der Waals surface area contributed by atoms with Crippen molar-refractivity contribution in [2.24, 2.45) is 0 Å². The Morgan fingerprint density at radius 2 is 2.23 bits per heavy atom. The molecule has 22 heavy (non-hydrogen) atoms. The molecule has 8 nitrogen and oxygen atoms in total. The molecule has 1 amide bonds. The Hall–Kier alpha value is -2.68. The summed E-state index contributed by atoms with van der Waals surface area (Å²) < 4.78 is 12.6. The summed E-state index contributed by atoms with van der Waals surface area (Å²) in [5.41, 5.74) is 0.829. The number of nitrogens with zero attached hydrogens (tertiary/aromatic N) is 4. The van der Waals surface area contributed by atoms with Crippen molar-refractivity contribution in [2.45, 2.75) is 6.92 Å². The van der Waals surface area contributed by atoms with E-state index >= 15 is 0 Å². The van der Waals surface area contributed by atoms with Gasteiger partial charge in [0.1, 0.15) is 18.1 Å². The third-order valence-corrected chi connectivity index (χ3v) is 4.09. The van der Waals surface area contributed by atoms with Gasteiger partial charge in [0.15, 0.2) is 11.5 Å². The van der Waals surface area contributed by atoms with Gasteiger partial charge in [0.05, 0.1) is 0 Å². The van der Waals surface area contributed by atoms with E-state index in [-0.39, 0.29) is 5.91 Å². The third kappa shape index (κ3) is 2.06. The van der Waals surface area contributed by atoms with Gasteiger partial charge in [-0.25, -0.2) is 4.98 Å². The first kappa shape index (κ1) is 13.0. The number of carbonyl (C=O) groups is 1. The van der Waals surface area contributed by atoms with E-state index in [1.54, 1.807) is 16.0 Å². The largest absolute Gasteiger partial charge is 0.485 e. The molecule has 112 valence electrons. The summed E-state index contributed by atoms with van der Waals surface area (Å²) in [6, 6.07) is 1.82. The van der Waals surface area contributed by atoms with Crippen LogP contribution in [0.25, 0.3) is 5.78 Å². The van der Waals surface area contributed by atoms with Crippen LogP contribution in [0.1, 0.15) is 15.4 Å². The van der Waals surface area contributed by atoms with Crippen molar-refractivity contribution in [3.63, 3.8) is 0 Å². The molecule has 0 saturated carbocycles. The van der Waals surface area contributed by atoms with Crippen molar-refractivity contribution in [1.29, 1.82) is 0 Å². The van der Waals surface area contributed by atoms with Gasteiger partial charge in [-0.3, -0.25) is 14.5 Å². The van der Waals surface area contributed by atoms with E-state index in [0.29, 0.717) is 41.3 Å². The molecule has 4 rings (SSSR count). The number of thiophene rings is 1. The van der Waals surface area contributed by atoms with Crippen LogP contribution in [0.3, 0.4) is 0 Å². The normalized spacial score (nSPS) is 13.3. The molecular formula is C13H11N5O3S. The van der Waals surface area contributed by atoms with Crippen LogP contribution < -0.4 is 14.8 Å². The number of fused-ring (bicyclic) bond motifs is 2. The van der Waals surface area contributed by atoms with Crippen molar-refractivity contribution < 1.29 is 14.3 Å². The Morgan fingerprint density at radius 1 is 1.36 bits per heavy atom. The second-order valence-electron chi connectivity index (χ2n) is 4.67. The standard InChI is InChI=1S/C13H11N5O3S/c1-7-2-3-18-12(14-7)16-17-13(18)15-11(19)10-9-8(6-22-10)20-4-5-21-9/h2-3,6H,4-5H2,1H3,(H,15,17,19). The van der Waals surface area contributed by atoms with Gasteiger partial charge < -0.3 is 9.47 Å². The molecule has 3 aromatic rings. The Bertz CT molecular complexity index is 872. The van der Waals surface area contributed by atoms with Gasteiger partial charge in [0.2, 0.25) is 5.95 Å². The van der Waals surface area contributed by atoms with E-state index in [0.717, 1.165) is 5.69 Å². The fourth-order valence-corrected chi connectivity index (χ4v) is 2.96. The Morgan fingerprint density at radius 3 is 3.14 bits per heavy atom. The highest BCUT2D eigenvalue weighted by atomic mass is 32.1. The number of aryl methyl sites for hydroxylation is 1. The van der Waals surface area contributed by atoms with Gasteiger partial charge in [-0.05, 0) is 13.0 Å². The third-order valence-electron chi connectivity index (χ3n) is 3.15. The second kappa shape index (κ2) is 4.95. The highest BCUT2D eigenvalue weighted by molar-refractivity contribution is 7.13.